The second-order valence-electron chi connectivity index (χ2n) is 10.0. The molecule has 2 aromatic carbocycles. The van der Waals surface area contributed by atoms with Gasteiger partial charge in [-0.1, -0.05) is 30.3 Å². The Morgan fingerprint density at radius 1 is 1.13 bits per heavy atom. The number of aliphatic carboxylic acids is 1. The van der Waals surface area contributed by atoms with E-state index in [-0.39, 0.29) is 29.1 Å². The van der Waals surface area contributed by atoms with Gasteiger partial charge in [0.2, 0.25) is 0 Å². The lowest BCUT2D eigenvalue weighted by atomic mass is 10.1. The number of hydrogen-bond donors (Lipinski definition) is 1. The number of alkyl halides is 3. The molecule has 1 saturated heterocycles. The Labute approximate surface area is 220 Å². The third-order valence-electron chi connectivity index (χ3n) is 7.24. The number of carbonyl (C=O) groups is 1. The lowest BCUT2D eigenvalue weighted by Crippen LogP contribution is -2.60. The molecule has 0 saturated carbocycles. The quantitative estimate of drug-likeness (QED) is 0.490. The molecule has 4 unspecified atom stereocenters. The fourth-order valence-corrected chi connectivity index (χ4v) is 7.80. The van der Waals surface area contributed by atoms with Crippen LogP contribution in [-0.4, -0.2) is 66.2 Å². The average Bonchev–Trinajstić information content (AvgIpc) is 3.26. The molecule has 11 heteroatoms. The Morgan fingerprint density at radius 2 is 1.76 bits per heavy atom. The molecule has 1 aliphatic carbocycles. The van der Waals surface area contributed by atoms with Gasteiger partial charge in [0, 0.05) is 31.7 Å². The first-order valence-corrected chi connectivity index (χ1v) is 13.9. The summed E-state index contributed by atoms with van der Waals surface area (Å²) in [6.07, 6.45) is -2.83. The van der Waals surface area contributed by atoms with E-state index >= 15 is 0 Å². The summed E-state index contributed by atoms with van der Waals surface area (Å²) in [6.45, 7) is 9.27. The number of ether oxygens (including phenoxy) is 1. The van der Waals surface area contributed by atoms with Crippen molar-refractivity contribution in [3.8, 4) is 5.75 Å². The average molecular weight is 553 g/mol. The summed E-state index contributed by atoms with van der Waals surface area (Å²) in [6, 6.07) is 10.4. The maximum absolute atomic E-state index is 13.9. The molecule has 38 heavy (non-hydrogen) atoms. The van der Waals surface area contributed by atoms with E-state index < -0.39 is 33.5 Å². The van der Waals surface area contributed by atoms with Gasteiger partial charge >= 0.3 is 12.3 Å². The molecule has 1 fully saturated rings. The smallest absolute Gasteiger partial charge is 0.481 e. The predicted molar refractivity (Wildman–Crippen MR) is 135 cm³/mol. The summed E-state index contributed by atoms with van der Waals surface area (Å²) in [7, 11) is -3.90. The van der Waals surface area contributed by atoms with Gasteiger partial charge in [0.05, 0.1) is 10.8 Å². The molecule has 0 amide bonds. The minimum Gasteiger partial charge on any atom is -0.481 e. The van der Waals surface area contributed by atoms with Crippen molar-refractivity contribution in [2.45, 2.75) is 61.9 Å². The zero-order chi connectivity index (χ0) is 27.8. The highest BCUT2D eigenvalue weighted by molar-refractivity contribution is 7.92. The van der Waals surface area contributed by atoms with Gasteiger partial charge in [0.15, 0.2) is 9.84 Å². The Morgan fingerprint density at radius 3 is 2.32 bits per heavy atom. The van der Waals surface area contributed by atoms with Crippen LogP contribution in [0.3, 0.4) is 0 Å². The lowest BCUT2D eigenvalue weighted by molar-refractivity contribution is -0.274. The second-order valence-corrected chi connectivity index (χ2v) is 12.1. The summed E-state index contributed by atoms with van der Waals surface area (Å²) in [5.74, 6) is -1.86. The molecule has 1 N–H and O–H groups in total. The number of halogens is 3. The van der Waals surface area contributed by atoms with Crippen molar-refractivity contribution >= 4 is 15.8 Å². The number of benzene rings is 2. The normalized spacial score (nSPS) is 23.6. The number of hydrogen-bond acceptors (Lipinski definition) is 6. The summed E-state index contributed by atoms with van der Waals surface area (Å²) >= 11 is 0. The molecule has 1 heterocycles. The number of sulfone groups is 1. The minimum atomic E-state index is -4.75. The van der Waals surface area contributed by atoms with Crippen LogP contribution in [-0.2, 0) is 34.0 Å². The van der Waals surface area contributed by atoms with Crippen molar-refractivity contribution in [2.24, 2.45) is 5.92 Å². The molecule has 206 valence electrons. The van der Waals surface area contributed by atoms with Gasteiger partial charge < -0.3 is 9.84 Å². The van der Waals surface area contributed by atoms with Crippen molar-refractivity contribution in [3.63, 3.8) is 0 Å². The van der Waals surface area contributed by atoms with E-state index in [0.29, 0.717) is 31.6 Å². The van der Waals surface area contributed by atoms with Crippen LogP contribution in [0.15, 0.2) is 60.0 Å². The number of piperazine rings is 1. The van der Waals surface area contributed by atoms with E-state index in [9.17, 15) is 31.5 Å². The van der Waals surface area contributed by atoms with E-state index in [1.807, 2.05) is 18.7 Å². The van der Waals surface area contributed by atoms with Crippen molar-refractivity contribution < 1.29 is 36.2 Å². The number of rotatable bonds is 8. The highest BCUT2D eigenvalue weighted by Gasteiger charge is 2.42. The van der Waals surface area contributed by atoms with Crippen molar-refractivity contribution in [3.05, 3.63) is 71.8 Å². The van der Waals surface area contributed by atoms with Crippen LogP contribution in [0.1, 0.15) is 30.5 Å². The number of fused-ring (bicyclic) bond motifs is 1. The molecule has 2 aromatic rings. The highest BCUT2D eigenvalue weighted by atomic mass is 32.2. The Hall–Kier alpha value is -2.89. The largest absolute Gasteiger partial charge is 0.573 e. The summed E-state index contributed by atoms with van der Waals surface area (Å²) in [5, 5.41) is 8.47. The molecule has 0 bridgehead atoms. The molecule has 4 atom stereocenters. The Kier molecular flexibility index (Phi) is 7.92. The van der Waals surface area contributed by atoms with Crippen LogP contribution >= 0.6 is 0 Å². The van der Waals surface area contributed by atoms with Crippen LogP contribution in [0.25, 0.3) is 0 Å². The third-order valence-corrected chi connectivity index (χ3v) is 9.31. The molecular formula is C27H31F3N2O5S. The number of carboxylic acids is 1. The van der Waals surface area contributed by atoms with E-state index in [4.69, 9.17) is 0 Å². The van der Waals surface area contributed by atoms with Crippen LogP contribution in [0.4, 0.5) is 13.2 Å². The van der Waals surface area contributed by atoms with E-state index in [2.05, 4.69) is 16.2 Å². The van der Waals surface area contributed by atoms with Crippen LogP contribution in [0.5, 0.6) is 5.75 Å². The van der Waals surface area contributed by atoms with Gasteiger partial charge in [-0.15, -0.1) is 19.8 Å². The summed E-state index contributed by atoms with van der Waals surface area (Å²) in [5.41, 5.74) is 2.13. The minimum absolute atomic E-state index is 0.159. The standard InChI is InChI=1S/C27H31F3N2O5S/c1-4-25(38(35,36)24-7-5-6-20-12-21(26(33)34)13-23(20)24)32-17(2)14-31(15-18(32)3)16-19-8-10-22(11-9-19)37-27(28,29)30/h4-11,17-18,21,25H,1,12-16H2,2-3H3,(H,33,34). The fraction of sp³-hybridized carbons (Fsp3) is 0.444. The summed E-state index contributed by atoms with van der Waals surface area (Å²) < 4.78 is 69.1. The van der Waals surface area contributed by atoms with Crippen molar-refractivity contribution in [2.75, 3.05) is 13.1 Å². The molecular weight excluding hydrogens is 521 g/mol. The van der Waals surface area contributed by atoms with E-state index in [1.54, 1.807) is 30.3 Å². The van der Waals surface area contributed by atoms with Gasteiger partial charge in [-0.25, -0.2) is 8.42 Å². The third kappa shape index (κ3) is 5.89. The molecule has 7 nitrogen and oxygen atoms in total. The highest BCUT2D eigenvalue weighted by Crippen LogP contribution is 2.36. The van der Waals surface area contributed by atoms with Gasteiger partial charge in [0.1, 0.15) is 11.1 Å². The Balaban J connectivity index is 1.50. The van der Waals surface area contributed by atoms with Crippen LogP contribution < -0.4 is 4.74 Å². The zero-order valence-electron chi connectivity index (χ0n) is 21.2. The van der Waals surface area contributed by atoms with Gasteiger partial charge in [-0.3, -0.25) is 14.6 Å². The Bertz CT molecular complexity index is 1280. The molecule has 0 aromatic heterocycles. The fourth-order valence-electron chi connectivity index (χ4n) is 5.73. The molecule has 0 radical (unpaired) electrons. The first kappa shape index (κ1) is 28.1. The van der Waals surface area contributed by atoms with Crippen LogP contribution in [0.2, 0.25) is 0 Å². The van der Waals surface area contributed by atoms with Crippen molar-refractivity contribution in [1.29, 1.82) is 0 Å². The maximum atomic E-state index is 13.9. The van der Waals surface area contributed by atoms with E-state index in [1.165, 1.54) is 18.2 Å². The van der Waals surface area contributed by atoms with Gasteiger partial charge in [-0.05, 0) is 61.6 Å². The first-order valence-electron chi connectivity index (χ1n) is 12.3. The predicted octanol–water partition coefficient (Wildman–Crippen LogP) is 4.27. The molecule has 2 aliphatic rings. The van der Waals surface area contributed by atoms with Gasteiger partial charge in [0.25, 0.3) is 0 Å². The molecule has 0 spiro atoms. The van der Waals surface area contributed by atoms with Gasteiger partial charge in [-0.2, -0.15) is 0 Å². The van der Waals surface area contributed by atoms with E-state index in [0.717, 1.165) is 11.1 Å². The summed E-state index contributed by atoms with van der Waals surface area (Å²) in [4.78, 5) is 15.8. The first-order chi connectivity index (χ1) is 17.8. The lowest BCUT2D eigenvalue weighted by Gasteiger charge is -2.47. The number of nitrogens with zero attached hydrogens (tertiary/aromatic N) is 2. The van der Waals surface area contributed by atoms with Crippen molar-refractivity contribution in [1.82, 2.24) is 9.80 Å². The topological polar surface area (TPSA) is 87.2 Å². The second kappa shape index (κ2) is 10.7. The molecule has 1 aliphatic heterocycles. The van der Waals surface area contributed by atoms with Crippen LogP contribution in [0, 0.1) is 5.92 Å². The SMILES string of the molecule is C=CC(N1C(C)CN(Cc2ccc(OC(F)(F)F)cc2)CC1C)S(=O)(=O)c1cccc2c1CC(C(=O)O)C2. The number of carboxylic acid groups (broad SMARTS) is 1. The zero-order valence-corrected chi connectivity index (χ0v) is 22.0. The maximum Gasteiger partial charge on any atom is 0.573 e. The molecule has 4 rings (SSSR count). The monoisotopic (exact) mass is 552 g/mol.